The largest absolute Gasteiger partial charge is 0.342 e. The van der Waals surface area contributed by atoms with E-state index in [9.17, 15) is 9.70 Å². The zero-order valence-corrected chi connectivity index (χ0v) is 9.22. The number of alkyl halides is 1. The van der Waals surface area contributed by atoms with Gasteiger partial charge in [-0.25, -0.2) is 4.79 Å². The van der Waals surface area contributed by atoms with Crippen LogP contribution in [-0.2, 0) is 0 Å². The molecule has 0 saturated carbocycles. The first kappa shape index (κ1) is 12.4. The molecule has 0 aromatic heterocycles. The fourth-order valence-electron chi connectivity index (χ4n) is 1.07. The highest BCUT2D eigenvalue weighted by Crippen LogP contribution is 2.07. The summed E-state index contributed by atoms with van der Waals surface area (Å²) in [5.74, 6) is 0.133. The van der Waals surface area contributed by atoms with E-state index in [1.807, 2.05) is 0 Å². The van der Waals surface area contributed by atoms with E-state index in [0.29, 0.717) is 10.6 Å². The summed E-state index contributed by atoms with van der Waals surface area (Å²) < 4.78 is 0. The molecular formula is C9H11ClN4O2. The average molecular weight is 243 g/mol. The van der Waals surface area contributed by atoms with Gasteiger partial charge in [-0.1, -0.05) is 12.7 Å². The van der Waals surface area contributed by atoms with Gasteiger partial charge in [-0.3, -0.25) is 4.99 Å². The summed E-state index contributed by atoms with van der Waals surface area (Å²) >= 11 is 5.41. The molecule has 6 nitrogen and oxygen atoms in total. The summed E-state index contributed by atoms with van der Waals surface area (Å²) in [5, 5.41) is 5.75. The van der Waals surface area contributed by atoms with Crippen LogP contribution in [0.5, 0.6) is 0 Å². The highest BCUT2D eigenvalue weighted by Gasteiger charge is 2.19. The number of nitroso groups, excluding NO2 is 1. The minimum atomic E-state index is -0.644. The van der Waals surface area contributed by atoms with Gasteiger partial charge in [-0.05, 0) is 11.6 Å². The van der Waals surface area contributed by atoms with Gasteiger partial charge in [0.25, 0.3) is 0 Å². The van der Waals surface area contributed by atoms with E-state index in [1.165, 1.54) is 0 Å². The van der Waals surface area contributed by atoms with E-state index in [0.717, 1.165) is 0 Å². The summed E-state index contributed by atoms with van der Waals surface area (Å²) in [4.78, 5) is 25.8. The van der Waals surface area contributed by atoms with Crippen LogP contribution in [0.2, 0.25) is 0 Å². The Morgan fingerprint density at radius 2 is 2.50 bits per heavy atom. The summed E-state index contributed by atoms with van der Waals surface area (Å²) in [6.45, 7) is 3.76. The number of allylic oxidation sites excluding steroid dienone is 1. The summed E-state index contributed by atoms with van der Waals surface area (Å²) in [6, 6.07) is -0.644. The van der Waals surface area contributed by atoms with Crippen molar-refractivity contribution in [2.24, 2.45) is 10.3 Å². The molecule has 1 atom stereocenters. The number of dihydropyridines is 1. The standard InChI is InChI=1S/C9H11ClN4O2/c1-7-3-2-5-11-8(7)12-9(15)14(13-16)6-4-10/h2-3,5,8H,1,4,6H2,(H,12,15). The fraction of sp³-hybridized carbons (Fsp3) is 0.333. The lowest BCUT2D eigenvalue weighted by Crippen LogP contribution is -2.43. The quantitative estimate of drug-likeness (QED) is 0.460. The number of hydrogen-bond acceptors (Lipinski definition) is 4. The van der Waals surface area contributed by atoms with Crippen molar-refractivity contribution in [3.63, 3.8) is 0 Å². The smallest absolute Gasteiger partial charge is 0.311 e. The summed E-state index contributed by atoms with van der Waals surface area (Å²) in [6.07, 6.45) is 4.41. The minimum absolute atomic E-state index is 0.0512. The van der Waals surface area contributed by atoms with Crippen molar-refractivity contribution in [1.29, 1.82) is 0 Å². The van der Waals surface area contributed by atoms with Crippen LogP contribution in [-0.4, -0.2) is 35.8 Å². The second-order valence-corrected chi connectivity index (χ2v) is 3.36. The number of hydrogen-bond donors (Lipinski definition) is 1. The Bertz CT molecular complexity index is 353. The van der Waals surface area contributed by atoms with Crippen LogP contribution in [0.1, 0.15) is 0 Å². The average Bonchev–Trinajstić information content (AvgIpc) is 2.29. The predicted octanol–water partition coefficient (Wildman–Crippen LogP) is 1.44. The molecular weight excluding hydrogens is 232 g/mol. The minimum Gasteiger partial charge on any atom is -0.311 e. The summed E-state index contributed by atoms with van der Waals surface area (Å²) in [7, 11) is 0. The van der Waals surface area contributed by atoms with Crippen molar-refractivity contribution < 1.29 is 4.79 Å². The number of urea groups is 1. The SMILES string of the molecule is C=C1C=CC=NC1NC(=O)N(CCCl)N=O. The molecule has 86 valence electrons. The molecule has 0 saturated heterocycles. The number of carbonyl (C=O) groups is 1. The fourth-order valence-corrected chi connectivity index (χ4v) is 1.23. The van der Waals surface area contributed by atoms with E-state index in [1.54, 1.807) is 18.4 Å². The van der Waals surface area contributed by atoms with Crippen molar-refractivity contribution in [2.45, 2.75) is 6.17 Å². The van der Waals surface area contributed by atoms with E-state index >= 15 is 0 Å². The molecule has 2 amide bonds. The third kappa shape index (κ3) is 3.16. The lowest BCUT2D eigenvalue weighted by Gasteiger charge is -2.19. The van der Waals surface area contributed by atoms with Crippen molar-refractivity contribution in [3.05, 3.63) is 29.2 Å². The van der Waals surface area contributed by atoms with E-state index in [-0.39, 0.29) is 12.4 Å². The first-order chi connectivity index (χ1) is 7.69. The zero-order chi connectivity index (χ0) is 12.0. The molecule has 0 bridgehead atoms. The van der Waals surface area contributed by atoms with Crippen molar-refractivity contribution in [1.82, 2.24) is 10.3 Å². The molecule has 16 heavy (non-hydrogen) atoms. The van der Waals surface area contributed by atoms with Gasteiger partial charge in [0.05, 0.1) is 11.8 Å². The third-order valence-corrected chi connectivity index (χ3v) is 2.04. The van der Waals surface area contributed by atoms with Crippen LogP contribution >= 0.6 is 11.6 Å². The van der Waals surface area contributed by atoms with E-state index < -0.39 is 12.2 Å². The number of amides is 2. The molecule has 0 fully saturated rings. The molecule has 0 aliphatic carbocycles. The van der Waals surface area contributed by atoms with Gasteiger partial charge in [0.2, 0.25) is 0 Å². The molecule has 1 aliphatic rings. The van der Waals surface area contributed by atoms with Gasteiger partial charge in [0.15, 0.2) is 0 Å². The Morgan fingerprint density at radius 3 is 3.06 bits per heavy atom. The van der Waals surface area contributed by atoms with Crippen LogP contribution in [0.15, 0.2) is 34.6 Å². The molecule has 1 heterocycles. The highest BCUT2D eigenvalue weighted by atomic mass is 35.5. The molecule has 1 unspecified atom stereocenters. The van der Waals surface area contributed by atoms with Crippen molar-refractivity contribution in [2.75, 3.05) is 12.4 Å². The Labute approximate surface area is 97.6 Å². The number of aliphatic imine (C=N–C) groups is 1. The maximum Gasteiger partial charge on any atom is 0.342 e. The molecule has 0 radical (unpaired) electrons. The molecule has 0 aromatic rings. The van der Waals surface area contributed by atoms with Gasteiger partial charge in [-0.15, -0.1) is 16.5 Å². The number of rotatable bonds is 4. The number of nitrogens with zero attached hydrogens (tertiary/aromatic N) is 3. The lowest BCUT2D eigenvalue weighted by atomic mass is 10.2. The van der Waals surface area contributed by atoms with E-state index in [4.69, 9.17) is 11.6 Å². The molecule has 7 heteroatoms. The van der Waals surface area contributed by atoms with Crippen molar-refractivity contribution >= 4 is 23.8 Å². The molecule has 1 N–H and O–H groups in total. The van der Waals surface area contributed by atoms with Crippen molar-refractivity contribution in [3.8, 4) is 0 Å². The van der Waals surface area contributed by atoms with Gasteiger partial charge >= 0.3 is 6.03 Å². The first-order valence-corrected chi connectivity index (χ1v) is 5.08. The van der Waals surface area contributed by atoms with Gasteiger partial charge in [0, 0.05) is 12.1 Å². The Kier molecular flexibility index (Phi) is 4.65. The van der Waals surface area contributed by atoms with Crippen LogP contribution in [0, 0.1) is 4.91 Å². The maximum absolute atomic E-state index is 11.5. The Morgan fingerprint density at radius 1 is 1.75 bits per heavy atom. The van der Waals surface area contributed by atoms with Crippen LogP contribution in [0.4, 0.5) is 4.79 Å². The zero-order valence-electron chi connectivity index (χ0n) is 8.47. The maximum atomic E-state index is 11.5. The predicted molar refractivity (Wildman–Crippen MR) is 62.3 cm³/mol. The van der Waals surface area contributed by atoms with Crippen LogP contribution in [0.25, 0.3) is 0 Å². The lowest BCUT2D eigenvalue weighted by molar-refractivity contribution is 0.200. The van der Waals surface area contributed by atoms with E-state index in [2.05, 4.69) is 22.2 Å². The molecule has 0 aromatic carbocycles. The summed E-state index contributed by atoms with van der Waals surface area (Å²) in [5.41, 5.74) is 0.632. The number of halogens is 1. The monoisotopic (exact) mass is 242 g/mol. The van der Waals surface area contributed by atoms with Gasteiger partial charge < -0.3 is 5.32 Å². The highest BCUT2D eigenvalue weighted by molar-refractivity contribution is 6.18. The number of nitrogens with one attached hydrogen (secondary N) is 1. The molecule has 0 spiro atoms. The first-order valence-electron chi connectivity index (χ1n) is 4.55. The number of carbonyl (C=O) groups excluding carboxylic acids is 1. The topological polar surface area (TPSA) is 74.1 Å². The van der Waals surface area contributed by atoms with Crippen LogP contribution in [0.3, 0.4) is 0 Å². The van der Waals surface area contributed by atoms with Gasteiger partial charge in [-0.2, -0.15) is 5.01 Å². The molecule has 1 rings (SSSR count). The van der Waals surface area contributed by atoms with Gasteiger partial charge in [0.1, 0.15) is 6.17 Å². The molecule has 1 aliphatic heterocycles. The Balaban J connectivity index is 2.56. The second-order valence-electron chi connectivity index (χ2n) is 2.98. The van der Waals surface area contributed by atoms with Crippen LogP contribution < -0.4 is 5.32 Å². The third-order valence-electron chi connectivity index (χ3n) is 1.87. The Hall–Kier alpha value is -1.69. The normalized spacial score (nSPS) is 18.3. The second kappa shape index (κ2) is 6.02.